The number of rotatable bonds is 2. The Kier molecular flexibility index (Phi) is 3.54. The summed E-state index contributed by atoms with van der Waals surface area (Å²) in [5.74, 6) is 0.430. The van der Waals surface area contributed by atoms with Gasteiger partial charge in [-0.1, -0.05) is 33.5 Å². The second-order valence-corrected chi connectivity index (χ2v) is 10.9. The number of allylic oxidation sites excluding steroid dienone is 2. The van der Waals surface area contributed by atoms with Crippen molar-refractivity contribution in [2.75, 3.05) is 0 Å². The quantitative estimate of drug-likeness (QED) is 0.607. The van der Waals surface area contributed by atoms with Crippen molar-refractivity contribution in [3.8, 4) is 11.5 Å². The Morgan fingerprint density at radius 1 is 1.41 bits per heavy atom. The Morgan fingerprint density at radius 3 is 2.29 bits per heavy atom. The Bertz CT molecular complexity index is 421. The van der Waals surface area contributed by atoms with Gasteiger partial charge in [0.2, 0.25) is 0 Å². The third-order valence-corrected chi connectivity index (χ3v) is 3.93. The summed E-state index contributed by atoms with van der Waals surface area (Å²) in [4.78, 5) is 10.9. The highest BCUT2D eigenvalue weighted by atomic mass is 28.3. The first-order chi connectivity index (χ1) is 7.55. The third-order valence-electron chi connectivity index (χ3n) is 3.06. The molecule has 1 saturated carbocycles. The van der Waals surface area contributed by atoms with Gasteiger partial charge in [0.15, 0.2) is 5.83 Å². The molecular weight excluding hydrogens is 235 g/mol. The molecule has 2 atom stereocenters. The molecule has 1 N–H and O–H groups in total. The van der Waals surface area contributed by atoms with Crippen LogP contribution in [-0.2, 0) is 4.79 Å². The Morgan fingerprint density at radius 2 is 1.94 bits per heavy atom. The highest BCUT2D eigenvalue weighted by Crippen LogP contribution is 2.59. The van der Waals surface area contributed by atoms with Crippen LogP contribution in [0.1, 0.15) is 13.8 Å². The number of hydrogen-bond donors (Lipinski definition) is 1. The lowest BCUT2D eigenvalue weighted by atomic mass is 10.1. The summed E-state index contributed by atoms with van der Waals surface area (Å²) >= 11 is 0. The molecule has 0 aromatic rings. The summed E-state index contributed by atoms with van der Waals surface area (Å²) in [5.41, 5.74) is 2.57. The van der Waals surface area contributed by atoms with E-state index in [1.165, 1.54) is 6.08 Å². The molecule has 0 bridgehead atoms. The van der Waals surface area contributed by atoms with Crippen LogP contribution in [0.5, 0.6) is 0 Å². The monoisotopic (exact) mass is 254 g/mol. The van der Waals surface area contributed by atoms with Crippen molar-refractivity contribution in [1.82, 2.24) is 0 Å². The molecule has 1 aliphatic carbocycles. The van der Waals surface area contributed by atoms with Gasteiger partial charge in [-0.2, -0.15) is 4.39 Å². The van der Waals surface area contributed by atoms with Gasteiger partial charge in [0.1, 0.15) is 8.07 Å². The summed E-state index contributed by atoms with van der Waals surface area (Å²) in [6, 6.07) is 0. The first-order valence-electron chi connectivity index (χ1n) is 5.69. The van der Waals surface area contributed by atoms with Crippen LogP contribution in [0.2, 0.25) is 19.6 Å². The Hall–Kier alpha value is -1.08. The molecule has 0 heterocycles. The number of carboxylic acid groups (broad SMARTS) is 1. The molecule has 0 spiro atoms. The smallest absolute Gasteiger partial charge is 0.307 e. The van der Waals surface area contributed by atoms with Gasteiger partial charge in [0, 0.05) is 5.92 Å². The fourth-order valence-electron chi connectivity index (χ4n) is 1.91. The van der Waals surface area contributed by atoms with Crippen LogP contribution in [0.15, 0.2) is 11.9 Å². The van der Waals surface area contributed by atoms with Crippen LogP contribution in [0.4, 0.5) is 4.39 Å². The van der Waals surface area contributed by atoms with Crippen molar-refractivity contribution in [3.63, 3.8) is 0 Å². The molecule has 0 amide bonds. The average molecular weight is 254 g/mol. The largest absolute Gasteiger partial charge is 0.481 e. The van der Waals surface area contributed by atoms with Gasteiger partial charge in [-0.3, -0.25) is 4.79 Å². The lowest BCUT2D eigenvalue weighted by molar-refractivity contribution is -0.139. The van der Waals surface area contributed by atoms with E-state index < -0.39 is 25.8 Å². The zero-order chi connectivity index (χ0) is 13.4. The molecule has 1 aliphatic rings. The van der Waals surface area contributed by atoms with Crippen molar-refractivity contribution in [2.45, 2.75) is 33.5 Å². The van der Waals surface area contributed by atoms with Gasteiger partial charge in [0.05, 0.1) is 5.92 Å². The molecule has 2 unspecified atom stereocenters. The summed E-state index contributed by atoms with van der Waals surface area (Å²) in [7, 11) is -1.58. The van der Waals surface area contributed by atoms with Crippen LogP contribution in [-0.4, -0.2) is 19.1 Å². The van der Waals surface area contributed by atoms with E-state index in [0.717, 1.165) is 0 Å². The lowest BCUT2D eigenvalue weighted by Gasteiger charge is -2.02. The Balaban J connectivity index is 2.78. The highest BCUT2D eigenvalue weighted by Gasteiger charge is 2.61. The van der Waals surface area contributed by atoms with E-state index >= 15 is 0 Å². The molecule has 1 fully saturated rings. The van der Waals surface area contributed by atoms with E-state index in [1.807, 2.05) is 33.5 Å². The number of halogens is 1. The first kappa shape index (κ1) is 14.0. The van der Waals surface area contributed by atoms with E-state index in [4.69, 9.17) is 5.11 Å². The normalized spacial score (nSPS) is 27.1. The van der Waals surface area contributed by atoms with E-state index in [-0.39, 0.29) is 11.3 Å². The van der Waals surface area contributed by atoms with Crippen LogP contribution in [0.25, 0.3) is 0 Å². The van der Waals surface area contributed by atoms with Crippen LogP contribution in [0, 0.1) is 28.7 Å². The van der Waals surface area contributed by atoms with Crippen LogP contribution < -0.4 is 0 Å². The van der Waals surface area contributed by atoms with Gasteiger partial charge in [-0.05, 0) is 17.4 Å². The predicted octanol–water partition coefficient (Wildman–Crippen LogP) is 3.08. The topological polar surface area (TPSA) is 37.3 Å². The highest BCUT2D eigenvalue weighted by molar-refractivity contribution is 6.83. The minimum atomic E-state index is -1.58. The Labute approximate surface area is 103 Å². The maximum atomic E-state index is 13.5. The molecule has 17 heavy (non-hydrogen) atoms. The van der Waals surface area contributed by atoms with Gasteiger partial charge >= 0.3 is 5.97 Å². The fraction of sp³-hybridized carbons (Fsp3) is 0.615. The molecule has 4 heteroatoms. The second-order valence-electron chi connectivity index (χ2n) is 6.18. The van der Waals surface area contributed by atoms with Crippen molar-refractivity contribution in [2.24, 2.45) is 17.3 Å². The molecule has 1 rings (SSSR count). The summed E-state index contributed by atoms with van der Waals surface area (Å²) in [6.45, 7) is 9.79. The maximum Gasteiger partial charge on any atom is 0.307 e. The lowest BCUT2D eigenvalue weighted by Crippen LogP contribution is -2.16. The maximum absolute atomic E-state index is 13.5. The first-order valence-corrected chi connectivity index (χ1v) is 9.19. The summed E-state index contributed by atoms with van der Waals surface area (Å²) < 4.78 is 13.5. The molecule has 0 saturated heterocycles. The van der Waals surface area contributed by atoms with Crippen molar-refractivity contribution in [3.05, 3.63) is 11.9 Å². The third kappa shape index (κ3) is 3.44. The number of carbonyl (C=O) groups is 1. The standard InChI is InChI=1S/C13H19FO2Si/c1-13(2)10(11(13)12(15)16)8-9(14)6-7-17(3,4)5/h8,10-11H,1-5H3,(H,15,16). The SMILES string of the molecule is CC1(C)C(C=C(F)C#C[Si](C)(C)C)C1C(=O)O. The molecule has 94 valence electrons. The molecule has 0 aromatic heterocycles. The zero-order valence-corrected chi connectivity index (χ0v) is 12.0. The minimum Gasteiger partial charge on any atom is -0.481 e. The second kappa shape index (κ2) is 4.30. The minimum absolute atomic E-state index is 0.240. The van der Waals surface area contributed by atoms with Gasteiger partial charge in [-0.15, -0.1) is 5.54 Å². The number of aliphatic carboxylic acids is 1. The molecule has 0 radical (unpaired) electrons. The summed E-state index contributed by atoms with van der Waals surface area (Å²) in [6.07, 6.45) is 1.37. The van der Waals surface area contributed by atoms with Crippen molar-refractivity contribution >= 4 is 14.0 Å². The number of hydrogen-bond acceptors (Lipinski definition) is 1. The van der Waals surface area contributed by atoms with Gasteiger partial charge < -0.3 is 5.11 Å². The molecule has 2 nitrogen and oxygen atoms in total. The number of carboxylic acids is 1. The van der Waals surface area contributed by atoms with Crippen LogP contribution in [0.3, 0.4) is 0 Å². The van der Waals surface area contributed by atoms with Crippen molar-refractivity contribution in [1.29, 1.82) is 0 Å². The molecule has 0 aromatic carbocycles. The molecule has 0 aliphatic heterocycles. The zero-order valence-electron chi connectivity index (χ0n) is 11.0. The fourth-order valence-corrected chi connectivity index (χ4v) is 2.40. The summed E-state index contributed by atoms with van der Waals surface area (Å²) in [5, 5.41) is 8.95. The molecular formula is C13H19FO2Si. The van der Waals surface area contributed by atoms with Gasteiger partial charge in [-0.25, -0.2) is 0 Å². The predicted molar refractivity (Wildman–Crippen MR) is 68.7 cm³/mol. The van der Waals surface area contributed by atoms with Crippen molar-refractivity contribution < 1.29 is 14.3 Å². The van der Waals surface area contributed by atoms with Gasteiger partial charge in [0.25, 0.3) is 0 Å². The van der Waals surface area contributed by atoms with E-state index in [9.17, 15) is 9.18 Å². The van der Waals surface area contributed by atoms with E-state index in [2.05, 4.69) is 11.5 Å². The average Bonchev–Trinajstić information content (AvgIpc) is 2.63. The van der Waals surface area contributed by atoms with E-state index in [0.29, 0.717) is 0 Å². The van der Waals surface area contributed by atoms with Crippen LogP contribution >= 0.6 is 0 Å². The van der Waals surface area contributed by atoms with E-state index in [1.54, 1.807) is 0 Å².